The van der Waals surface area contributed by atoms with Crippen LogP contribution in [0.2, 0.25) is 0 Å². The normalized spacial score (nSPS) is 10.1. The first kappa shape index (κ1) is 19.2. The first-order valence-electron chi connectivity index (χ1n) is 8.00. The maximum Gasteiger partial charge on any atom is 0.359 e. The van der Waals surface area contributed by atoms with Crippen LogP contribution in [0, 0.1) is 0 Å². The number of carbonyl (C=O) groups excluding carboxylic acids is 2. The third-order valence-electron chi connectivity index (χ3n) is 3.65. The molecule has 0 spiro atoms. The van der Waals surface area contributed by atoms with Crippen LogP contribution in [-0.4, -0.2) is 54.1 Å². The number of esters is 1. The van der Waals surface area contributed by atoms with Gasteiger partial charge in [0.25, 0.3) is 5.91 Å². The second-order valence-electron chi connectivity index (χ2n) is 5.26. The Morgan fingerprint density at radius 3 is 2.50 bits per heavy atom. The molecular weight excluding hydrogens is 338 g/mol. The molecule has 0 aliphatic heterocycles. The molecule has 138 valence electrons. The minimum Gasteiger partial charge on any atom is -0.493 e. The molecule has 2 rings (SSSR count). The Kier molecular flexibility index (Phi) is 6.90. The summed E-state index contributed by atoms with van der Waals surface area (Å²) in [6.45, 7) is 2.31. The average Bonchev–Trinajstić information content (AvgIpc) is 2.70. The van der Waals surface area contributed by atoms with Crippen LogP contribution in [0.25, 0.3) is 0 Å². The van der Waals surface area contributed by atoms with Crippen molar-refractivity contribution >= 4 is 11.9 Å². The van der Waals surface area contributed by atoms with Gasteiger partial charge in [-0.05, 0) is 24.6 Å². The van der Waals surface area contributed by atoms with E-state index in [0.717, 1.165) is 5.56 Å². The van der Waals surface area contributed by atoms with Crippen molar-refractivity contribution in [3.05, 3.63) is 48.0 Å². The van der Waals surface area contributed by atoms with Crippen LogP contribution in [0.1, 0.15) is 23.0 Å². The summed E-state index contributed by atoms with van der Waals surface area (Å²) in [5, 5.41) is 0. The van der Waals surface area contributed by atoms with E-state index < -0.39 is 5.97 Å². The number of ether oxygens (including phenoxy) is 3. The molecule has 0 bridgehead atoms. The summed E-state index contributed by atoms with van der Waals surface area (Å²) < 4.78 is 15.5. The van der Waals surface area contributed by atoms with Crippen LogP contribution in [0.15, 0.2) is 36.8 Å². The molecule has 0 radical (unpaired) electrons. The van der Waals surface area contributed by atoms with Gasteiger partial charge in [-0.25, -0.2) is 9.78 Å². The van der Waals surface area contributed by atoms with Crippen molar-refractivity contribution in [2.75, 3.05) is 27.4 Å². The Balaban J connectivity index is 1.97. The van der Waals surface area contributed by atoms with Crippen molar-refractivity contribution in [2.24, 2.45) is 0 Å². The topological polar surface area (TPSA) is 90.8 Å². The Bertz CT molecular complexity index is 752. The summed E-state index contributed by atoms with van der Waals surface area (Å²) in [6, 6.07) is 5.43. The van der Waals surface area contributed by atoms with E-state index >= 15 is 0 Å². The van der Waals surface area contributed by atoms with E-state index in [0.29, 0.717) is 24.6 Å². The van der Waals surface area contributed by atoms with Crippen LogP contribution in [-0.2, 0) is 16.1 Å². The highest BCUT2D eigenvalue weighted by Crippen LogP contribution is 2.28. The van der Waals surface area contributed by atoms with Crippen LogP contribution in [0.3, 0.4) is 0 Å². The zero-order valence-electron chi connectivity index (χ0n) is 15.0. The number of nitrogens with zero attached hydrogens (tertiary/aromatic N) is 3. The van der Waals surface area contributed by atoms with Gasteiger partial charge in [0.1, 0.15) is 0 Å². The van der Waals surface area contributed by atoms with Gasteiger partial charge in [0, 0.05) is 25.5 Å². The number of aromatic nitrogens is 2. The van der Waals surface area contributed by atoms with E-state index in [-0.39, 0.29) is 18.2 Å². The third-order valence-corrected chi connectivity index (χ3v) is 3.65. The molecule has 26 heavy (non-hydrogen) atoms. The standard InChI is InChI=1S/C18H21N3O5/c1-4-21(11-13-5-6-15(24-2)16(9-13)25-3)17(22)12-26-18(23)14-10-19-7-8-20-14/h5-10H,4,11-12H2,1-3H3. The molecule has 2 aromatic rings. The molecule has 0 N–H and O–H groups in total. The minimum atomic E-state index is -0.686. The molecule has 0 saturated carbocycles. The van der Waals surface area contributed by atoms with Crippen molar-refractivity contribution in [2.45, 2.75) is 13.5 Å². The predicted octanol–water partition coefficient (Wildman–Crippen LogP) is 1.70. The number of amides is 1. The van der Waals surface area contributed by atoms with E-state index in [1.165, 1.54) is 18.6 Å². The smallest absolute Gasteiger partial charge is 0.359 e. The molecule has 0 aliphatic carbocycles. The zero-order chi connectivity index (χ0) is 18.9. The van der Waals surface area contributed by atoms with Crippen molar-refractivity contribution in [3.63, 3.8) is 0 Å². The molecule has 1 amide bonds. The minimum absolute atomic E-state index is 0.0586. The van der Waals surface area contributed by atoms with Gasteiger partial charge < -0.3 is 19.1 Å². The molecule has 0 aliphatic rings. The molecule has 1 aromatic carbocycles. The van der Waals surface area contributed by atoms with E-state index in [2.05, 4.69) is 9.97 Å². The van der Waals surface area contributed by atoms with E-state index in [1.54, 1.807) is 31.3 Å². The highest BCUT2D eigenvalue weighted by molar-refractivity contribution is 5.89. The third kappa shape index (κ3) is 4.92. The second-order valence-corrected chi connectivity index (χ2v) is 5.26. The van der Waals surface area contributed by atoms with Gasteiger partial charge in [0.15, 0.2) is 23.8 Å². The lowest BCUT2D eigenvalue weighted by atomic mass is 10.2. The fourth-order valence-corrected chi connectivity index (χ4v) is 2.27. The first-order valence-corrected chi connectivity index (χ1v) is 8.00. The first-order chi connectivity index (χ1) is 12.6. The largest absolute Gasteiger partial charge is 0.493 e. The van der Waals surface area contributed by atoms with Gasteiger partial charge in [-0.2, -0.15) is 0 Å². The summed E-state index contributed by atoms with van der Waals surface area (Å²) in [5.41, 5.74) is 0.932. The van der Waals surface area contributed by atoms with Gasteiger partial charge in [0.05, 0.1) is 20.4 Å². The molecule has 0 fully saturated rings. The van der Waals surface area contributed by atoms with Gasteiger partial charge in [-0.15, -0.1) is 0 Å². The maximum atomic E-state index is 12.3. The van der Waals surface area contributed by atoms with Crippen LogP contribution >= 0.6 is 0 Å². The quantitative estimate of drug-likeness (QED) is 0.663. The number of rotatable bonds is 8. The number of benzene rings is 1. The Labute approximate surface area is 151 Å². The summed E-state index contributed by atoms with van der Waals surface area (Å²) in [4.78, 5) is 33.4. The Morgan fingerprint density at radius 2 is 1.88 bits per heavy atom. The van der Waals surface area contributed by atoms with Crippen molar-refractivity contribution in [3.8, 4) is 11.5 Å². The lowest BCUT2D eigenvalue weighted by Gasteiger charge is -2.21. The molecule has 0 saturated heterocycles. The second kappa shape index (κ2) is 9.36. The molecular formula is C18H21N3O5. The summed E-state index contributed by atoms with van der Waals surface area (Å²) in [6.07, 6.45) is 4.12. The number of carbonyl (C=O) groups is 2. The maximum absolute atomic E-state index is 12.3. The van der Waals surface area contributed by atoms with Crippen LogP contribution < -0.4 is 9.47 Å². The highest BCUT2D eigenvalue weighted by atomic mass is 16.5. The average molecular weight is 359 g/mol. The lowest BCUT2D eigenvalue weighted by Crippen LogP contribution is -2.34. The van der Waals surface area contributed by atoms with E-state index in [1.807, 2.05) is 13.0 Å². The van der Waals surface area contributed by atoms with Crippen molar-refractivity contribution in [1.82, 2.24) is 14.9 Å². The SMILES string of the molecule is CCN(Cc1ccc(OC)c(OC)c1)C(=O)COC(=O)c1cnccn1. The number of likely N-dealkylation sites (N-methyl/N-ethyl adjacent to an activating group) is 1. The molecule has 1 aromatic heterocycles. The summed E-state index contributed by atoms with van der Waals surface area (Å²) >= 11 is 0. The molecule has 8 nitrogen and oxygen atoms in total. The lowest BCUT2D eigenvalue weighted by molar-refractivity contribution is -0.135. The van der Waals surface area contributed by atoms with E-state index in [4.69, 9.17) is 14.2 Å². The summed E-state index contributed by atoms with van der Waals surface area (Å²) in [7, 11) is 3.11. The molecule has 0 atom stereocenters. The highest BCUT2D eigenvalue weighted by Gasteiger charge is 2.17. The zero-order valence-corrected chi connectivity index (χ0v) is 15.0. The number of methoxy groups -OCH3 is 2. The van der Waals surface area contributed by atoms with Gasteiger partial charge in [-0.1, -0.05) is 6.07 Å². The van der Waals surface area contributed by atoms with Crippen molar-refractivity contribution < 1.29 is 23.8 Å². The van der Waals surface area contributed by atoms with Crippen LogP contribution in [0.5, 0.6) is 11.5 Å². The Morgan fingerprint density at radius 1 is 1.12 bits per heavy atom. The summed E-state index contributed by atoms with van der Waals surface area (Å²) in [5.74, 6) is 0.208. The van der Waals surface area contributed by atoms with Crippen LogP contribution in [0.4, 0.5) is 0 Å². The monoisotopic (exact) mass is 359 g/mol. The molecule has 8 heteroatoms. The number of hydrogen-bond donors (Lipinski definition) is 0. The van der Waals surface area contributed by atoms with Crippen molar-refractivity contribution in [1.29, 1.82) is 0 Å². The predicted molar refractivity (Wildman–Crippen MR) is 93.0 cm³/mol. The van der Waals surface area contributed by atoms with Gasteiger partial charge >= 0.3 is 5.97 Å². The fourth-order valence-electron chi connectivity index (χ4n) is 2.27. The molecule has 1 heterocycles. The van der Waals surface area contributed by atoms with Gasteiger partial charge in [0.2, 0.25) is 0 Å². The number of hydrogen-bond acceptors (Lipinski definition) is 7. The Hall–Kier alpha value is -3.16. The van der Waals surface area contributed by atoms with E-state index in [9.17, 15) is 9.59 Å². The fraction of sp³-hybridized carbons (Fsp3) is 0.333. The van der Waals surface area contributed by atoms with Gasteiger partial charge in [-0.3, -0.25) is 9.78 Å². The molecule has 0 unspecified atom stereocenters.